The minimum atomic E-state index is -3.67. The molecule has 164 valence electrons. The highest BCUT2D eigenvalue weighted by Crippen LogP contribution is 2.25. The minimum Gasteiger partial charge on any atom is -0.497 e. The average molecular weight is 435 g/mol. The number of methoxy groups -OCH3 is 2. The Morgan fingerprint density at radius 1 is 1.03 bits per heavy atom. The summed E-state index contributed by atoms with van der Waals surface area (Å²) < 4.78 is 36.2. The summed E-state index contributed by atoms with van der Waals surface area (Å²) in [4.78, 5) is 12.8. The molecule has 7 nitrogen and oxygen atoms in total. The average Bonchev–Trinajstić information content (AvgIpc) is 2.70. The maximum absolute atomic E-state index is 12.8. The highest BCUT2D eigenvalue weighted by molar-refractivity contribution is 7.92. The fourth-order valence-electron chi connectivity index (χ4n) is 3.12. The van der Waals surface area contributed by atoms with E-state index >= 15 is 0 Å². The van der Waals surface area contributed by atoms with Crippen LogP contribution in [0, 0.1) is 5.92 Å². The van der Waals surface area contributed by atoms with Crippen molar-refractivity contribution in [3.63, 3.8) is 0 Å². The molecule has 0 unspecified atom stereocenters. The molecule has 0 aromatic heterocycles. The van der Waals surface area contributed by atoms with Crippen LogP contribution in [0.3, 0.4) is 0 Å². The highest BCUT2D eigenvalue weighted by atomic mass is 32.2. The van der Waals surface area contributed by atoms with E-state index in [-0.39, 0.29) is 18.5 Å². The summed E-state index contributed by atoms with van der Waals surface area (Å²) >= 11 is 0. The van der Waals surface area contributed by atoms with Crippen LogP contribution < -0.4 is 19.1 Å². The molecule has 8 heteroatoms. The number of sulfonamides is 1. The van der Waals surface area contributed by atoms with Crippen molar-refractivity contribution in [2.24, 2.45) is 5.92 Å². The van der Waals surface area contributed by atoms with E-state index in [2.05, 4.69) is 19.2 Å². The number of amides is 1. The summed E-state index contributed by atoms with van der Waals surface area (Å²) in [5, 5.41) is 2.99. The smallest absolute Gasteiger partial charge is 0.241 e. The molecule has 0 heterocycles. The molecule has 0 spiro atoms. The van der Waals surface area contributed by atoms with Crippen molar-refractivity contribution in [3.05, 3.63) is 54.1 Å². The number of carbonyl (C=O) groups is 1. The molecular formula is C22H30N2O5S. The van der Waals surface area contributed by atoms with Crippen molar-refractivity contribution in [2.75, 3.05) is 31.3 Å². The Kier molecular flexibility index (Phi) is 8.11. The molecule has 0 aliphatic rings. The first kappa shape index (κ1) is 23.5. The Morgan fingerprint density at radius 3 is 2.20 bits per heavy atom. The van der Waals surface area contributed by atoms with E-state index < -0.39 is 10.0 Å². The Morgan fingerprint density at radius 2 is 1.67 bits per heavy atom. The van der Waals surface area contributed by atoms with Crippen LogP contribution in [0.4, 0.5) is 5.69 Å². The molecule has 1 atom stereocenters. The van der Waals surface area contributed by atoms with Crippen LogP contribution in [0.5, 0.6) is 11.5 Å². The largest absolute Gasteiger partial charge is 0.497 e. The summed E-state index contributed by atoms with van der Waals surface area (Å²) in [6, 6.07) is 13.9. The van der Waals surface area contributed by atoms with Gasteiger partial charge in [-0.05, 0) is 42.2 Å². The molecular weight excluding hydrogens is 404 g/mol. The first-order valence-electron chi connectivity index (χ1n) is 9.69. The van der Waals surface area contributed by atoms with Crippen LogP contribution in [0.15, 0.2) is 48.5 Å². The number of hydrogen-bond donors (Lipinski definition) is 1. The molecule has 30 heavy (non-hydrogen) atoms. The van der Waals surface area contributed by atoms with E-state index in [4.69, 9.17) is 9.47 Å². The molecule has 0 aliphatic carbocycles. The van der Waals surface area contributed by atoms with Gasteiger partial charge >= 0.3 is 0 Å². The number of ether oxygens (including phenoxy) is 2. The lowest BCUT2D eigenvalue weighted by Gasteiger charge is -2.25. The van der Waals surface area contributed by atoms with Gasteiger partial charge in [0, 0.05) is 6.07 Å². The van der Waals surface area contributed by atoms with Gasteiger partial charge in [-0.1, -0.05) is 32.0 Å². The van der Waals surface area contributed by atoms with Crippen LogP contribution in [-0.4, -0.2) is 41.3 Å². The molecule has 0 saturated carbocycles. The van der Waals surface area contributed by atoms with Crippen molar-refractivity contribution in [2.45, 2.75) is 26.3 Å². The number of benzene rings is 2. The summed E-state index contributed by atoms with van der Waals surface area (Å²) in [5.41, 5.74) is 1.31. The molecule has 0 saturated heterocycles. The van der Waals surface area contributed by atoms with Crippen LogP contribution in [0.25, 0.3) is 0 Å². The van der Waals surface area contributed by atoms with E-state index in [1.165, 1.54) is 7.11 Å². The Labute approximate surface area is 179 Å². The number of anilines is 1. The quantitative estimate of drug-likeness (QED) is 0.620. The monoisotopic (exact) mass is 434 g/mol. The topological polar surface area (TPSA) is 84.9 Å². The zero-order valence-electron chi connectivity index (χ0n) is 18.1. The zero-order chi connectivity index (χ0) is 22.3. The lowest BCUT2D eigenvalue weighted by atomic mass is 9.97. The van der Waals surface area contributed by atoms with E-state index in [1.54, 1.807) is 31.4 Å². The summed E-state index contributed by atoms with van der Waals surface area (Å²) in [6.07, 6.45) is 1.80. The van der Waals surface area contributed by atoms with Gasteiger partial charge in [-0.3, -0.25) is 9.10 Å². The maximum atomic E-state index is 12.8. The lowest BCUT2D eigenvalue weighted by Crippen LogP contribution is -2.41. The third kappa shape index (κ3) is 6.66. The van der Waals surface area contributed by atoms with Gasteiger partial charge < -0.3 is 14.8 Å². The molecule has 1 N–H and O–H groups in total. The van der Waals surface area contributed by atoms with Gasteiger partial charge in [-0.15, -0.1) is 0 Å². The van der Waals surface area contributed by atoms with Gasteiger partial charge in [0.2, 0.25) is 15.9 Å². The van der Waals surface area contributed by atoms with Crippen LogP contribution in [-0.2, 0) is 14.8 Å². The number of carbonyl (C=O) groups excluding carboxylic acids is 1. The summed E-state index contributed by atoms with van der Waals surface area (Å²) in [6.45, 7) is 3.82. The van der Waals surface area contributed by atoms with Gasteiger partial charge in [0.1, 0.15) is 18.0 Å². The van der Waals surface area contributed by atoms with Gasteiger partial charge in [0.15, 0.2) is 0 Å². The maximum Gasteiger partial charge on any atom is 0.241 e. The third-order valence-electron chi connectivity index (χ3n) is 4.59. The molecule has 0 aliphatic heterocycles. The van der Waals surface area contributed by atoms with Crippen LogP contribution >= 0.6 is 0 Å². The Balaban J connectivity index is 2.23. The molecule has 2 rings (SSSR count). The van der Waals surface area contributed by atoms with Crippen molar-refractivity contribution in [3.8, 4) is 11.5 Å². The molecule has 0 fully saturated rings. The Hall–Kier alpha value is -2.74. The second-order valence-electron chi connectivity index (χ2n) is 7.49. The molecule has 0 radical (unpaired) electrons. The second kappa shape index (κ2) is 10.3. The minimum absolute atomic E-state index is 0.241. The predicted octanol–water partition coefficient (Wildman–Crippen LogP) is 3.37. The van der Waals surface area contributed by atoms with E-state index in [0.29, 0.717) is 17.4 Å². The third-order valence-corrected chi connectivity index (χ3v) is 5.73. The summed E-state index contributed by atoms with van der Waals surface area (Å²) in [7, 11) is -0.570. The summed E-state index contributed by atoms with van der Waals surface area (Å²) in [5.74, 6) is 1.19. The van der Waals surface area contributed by atoms with E-state index in [0.717, 1.165) is 28.3 Å². The Bertz CT molecular complexity index is 942. The van der Waals surface area contributed by atoms with Crippen molar-refractivity contribution in [1.29, 1.82) is 0 Å². The van der Waals surface area contributed by atoms with Crippen molar-refractivity contribution >= 4 is 21.6 Å². The van der Waals surface area contributed by atoms with E-state index in [1.807, 2.05) is 24.3 Å². The normalized spacial score (nSPS) is 12.3. The molecule has 2 aromatic rings. The SMILES string of the molecule is COc1ccc([C@@H](CC(C)C)NC(=O)CN(c2cccc(OC)c2)S(C)(=O)=O)cc1. The fourth-order valence-corrected chi connectivity index (χ4v) is 3.97. The molecule has 2 aromatic carbocycles. The van der Waals surface area contributed by atoms with Gasteiger partial charge in [0.25, 0.3) is 0 Å². The van der Waals surface area contributed by atoms with Crippen LogP contribution in [0.2, 0.25) is 0 Å². The lowest BCUT2D eigenvalue weighted by molar-refractivity contribution is -0.120. The van der Waals surface area contributed by atoms with Crippen molar-refractivity contribution in [1.82, 2.24) is 5.32 Å². The van der Waals surface area contributed by atoms with Gasteiger partial charge in [-0.25, -0.2) is 8.42 Å². The molecule has 0 bridgehead atoms. The second-order valence-corrected chi connectivity index (χ2v) is 9.40. The number of nitrogens with zero attached hydrogens (tertiary/aromatic N) is 1. The highest BCUT2D eigenvalue weighted by Gasteiger charge is 2.24. The first-order chi connectivity index (χ1) is 14.1. The fraction of sp³-hybridized carbons (Fsp3) is 0.409. The number of nitrogens with one attached hydrogen (secondary N) is 1. The van der Waals surface area contributed by atoms with Crippen molar-refractivity contribution < 1.29 is 22.7 Å². The van der Waals surface area contributed by atoms with Crippen LogP contribution in [0.1, 0.15) is 31.9 Å². The predicted molar refractivity (Wildman–Crippen MR) is 119 cm³/mol. The zero-order valence-corrected chi connectivity index (χ0v) is 18.9. The standard InChI is InChI=1S/C22H30N2O5S/c1-16(2)13-21(17-9-11-19(28-3)12-10-17)23-22(25)15-24(30(5,26)27)18-7-6-8-20(14-18)29-4/h6-12,14,16,21H,13,15H2,1-5H3,(H,23,25)/t21-/m1/s1. The first-order valence-corrected chi connectivity index (χ1v) is 11.5. The van der Waals surface area contributed by atoms with E-state index in [9.17, 15) is 13.2 Å². The number of rotatable bonds is 10. The number of hydrogen-bond acceptors (Lipinski definition) is 5. The molecule has 1 amide bonds. The van der Waals surface area contributed by atoms with Gasteiger partial charge in [0.05, 0.1) is 32.2 Å². The van der Waals surface area contributed by atoms with Gasteiger partial charge in [-0.2, -0.15) is 0 Å².